The van der Waals surface area contributed by atoms with Gasteiger partial charge in [-0.1, -0.05) is 22.0 Å². The fourth-order valence-corrected chi connectivity index (χ4v) is 2.98. The molecule has 1 amide bonds. The fourth-order valence-electron chi connectivity index (χ4n) is 2.64. The van der Waals surface area contributed by atoms with E-state index in [2.05, 4.69) is 26.1 Å². The highest BCUT2D eigenvalue weighted by Gasteiger charge is 2.25. The molecule has 1 fully saturated rings. The second-order valence-corrected chi connectivity index (χ2v) is 6.31. The van der Waals surface area contributed by atoms with Crippen LogP contribution in [-0.4, -0.2) is 37.0 Å². The van der Waals surface area contributed by atoms with E-state index in [9.17, 15) is 9.18 Å². The monoisotopic (exact) mass is 357 g/mol. The summed E-state index contributed by atoms with van der Waals surface area (Å²) < 4.78 is 14.6. The molecule has 0 aromatic heterocycles. The summed E-state index contributed by atoms with van der Waals surface area (Å²) in [6.45, 7) is 3.07. The molecule has 0 bridgehead atoms. The van der Waals surface area contributed by atoms with Gasteiger partial charge < -0.3 is 11.1 Å². The van der Waals surface area contributed by atoms with Crippen LogP contribution in [0.1, 0.15) is 18.4 Å². The quantitative estimate of drug-likeness (QED) is 0.845. The van der Waals surface area contributed by atoms with Crippen molar-refractivity contribution in [2.75, 3.05) is 26.2 Å². The van der Waals surface area contributed by atoms with Gasteiger partial charge in [-0.05, 0) is 31.5 Å². The maximum Gasteiger partial charge on any atom is 0.224 e. The van der Waals surface area contributed by atoms with Gasteiger partial charge in [-0.15, -0.1) is 0 Å². The number of hydrogen-bond acceptors (Lipinski definition) is 3. The van der Waals surface area contributed by atoms with Gasteiger partial charge in [0.25, 0.3) is 0 Å². The summed E-state index contributed by atoms with van der Waals surface area (Å²) in [5.74, 6) is -0.177. The maximum absolute atomic E-state index is 13.9. The van der Waals surface area contributed by atoms with E-state index in [1.54, 1.807) is 6.07 Å². The lowest BCUT2D eigenvalue weighted by atomic mass is 9.96. The fraction of sp³-hybridized carbons (Fsp3) is 0.533. The smallest absolute Gasteiger partial charge is 0.224 e. The first kappa shape index (κ1) is 16.4. The van der Waals surface area contributed by atoms with Gasteiger partial charge in [-0.25, -0.2) is 4.39 Å². The Labute approximate surface area is 133 Å². The Bertz CT molecular complexity index is 498. The number of piperidine rings is 1. The number of nitrogens with zero attached hydrogens (tertiary/aromatic N) is 1. The lowest BCUT2D eigenvalue weighted by molar-refractivity contribution is -0.126. The van der Waals surface area contributed by atoms with E-state index in [1.807, 2.05) is 6.07 Å². The van der Waals surface area contributed by atoms with Crippen LogP contribution >= 0.6 is 15.9 Å². The van der Waals surface area contributed by atoms with Gasteiger partial charge in [-0.2, -0.15) is 0 Å². The van der Waals surface area contributed by atoms with Crippen LogP contribution in [0.3, 0.4) is 0 Å². The van der Waals surface area contributed by atoms with E-state index in [-0.39, 0.29) is 17.6 Å². The van der Waals surface area contributed by atoms with Gasteiger partial charge >= 0.3 is 0 Å². The summed E-state index contributed by atoms with van der Waals surface area (Å²) in [5, 5.41) is 2.83. The highest BCUT2D eigenvalue weighted by Crippen LogP contribution is 2.21. The van der Waals surface area contributed by atoms with Crippen LogP contribution < -0.4 is 11.1 Å². The normalized spacial score (nSPS) is 19.5. The van der Waals surface area contributed by atoms with Gasteiger partial charge in [0.2, 0.25) is 5.91 Å². The number of likely N-dealkylation sites (tertiary alicyclic amines) is 1. The zero-order valence-corrected chi connectivity index (χ0v) is 13.5. The Kier molecular flexibility index (Phi) is 6.14. The summed E-state index contributed by atoms with van der Waals surface area (Å²) in [6, 6.07) is 5.11. The molecule has 2 rings (SSSR count). The molecule has 1 heterocycles. The van der Waals surface area contributed by atoms with Crippen LogP contribution in [-0.2, 0) is 11.3 Å². The predicted octanol–water partition coefficient (Wildman–Crippen LogP) is 1.88. The van der Waals surface area contributed by atoms with Crippen LogP contribution in [0, 0.1) is 11.7 Å². The van der Waals surface area contributed by atoms with E-state index >= 15 is 0 Å². The molecule has 116 valence electrons. The van der Waals surface area contributed by atoms with Crippen molar-refractivity contribution in [1.82, 2.24) is 10.2 Å². The molecule has 1 aromatic carbocycles. The maximum atomic E-state index is 13.9. The predicted molar refractivity (Wildman–Crippen MR) is 84.2 cm³/mol. The molecule has 6 heteroatoms. The van der Waals surface area contributed by atoms with Crippen molar-refractivity contribution >= 4 is 21.8 Å². The highest BCUT2D eigenvalue weighted by atomic mass is 79.9. The van der Waals surface area contributed by atoms with Crippen molar-refractivity contribution < 1.29 is 9.18 Å². The second kappa shape index (κ2) is 7.87. The number of hydrogen-bond donors (Lipinski definition) is 2. The first-order valence-electron chi connectivity index (χ1n) is 7.24. The van der Waals surface area contributed by atoms with Gasteiger partial charge in [0, 0.05) is 36.2 Å². The van der Waals surface area contributed by atoms with E-state index in [1.165, 1.54) is 6.07 Å². The first-order chi connectivity index (χ1) is 10.1. The topological polar surface area (TPSA) is 58.4 Å². The Hall–Kier alpha value is -0.980. The molecule has 0 aliphatic carbocycles. The van der Waals surface area contributed by atoms with Crippen molar-refractivity contribution in [2.24, 2.45) is 11.7 Å². The lowest BCUT2D eigenvalue weighted by Crippen LogP contribution is -2.43. The minimum absolute atomic E-state index is 0.0243. The van der Waals surface area contributed by atoms with Crippen LogP contribution in [0.25, 0.3) is 0 Å². The third-order valence-electron chi connectivity index (χ3n) is 3.73. The standard InChI is InChI=1S/C15H21BrFN3O/c16-13-4-3-11(14(17)8-13)9-20-7-1-2-12(10-20)15(21)19-6-5-18/h3-4,8,12H,1-2,5-7,9-10,18H2,(H,19,21). The Morgan fingerprint density at radius 3 is 3.05 bits per heavy atom. The molecule has 1 unspecified atom stereocenters. The number of carbonyl (C=O) groups excluding carboxylic acids is 1. The molecule has 21 heavy (non-hydrogen) atoms. The third-order valence-corrected chi connectivity index (χ3v) is 4.22. The van der Waals surface area contributed by atoms with Gasteiger partial charge in [-0.3, -0.25) is 9.69 Å². The molecule has 1 saturated heterocycles. The molecule has 0 spiro atoms. The van der Waals surface area contributed by atoms with Crippen molar-refractivity contribution in [1.29, 1.82) is 0 Å². The van der Waals surface area contributed by atoms with Crippen LogP contribution in [0.5, 0.6) is 0 Å². The number of amides is 1. The molecule has 1 aliphatic heterocycles. The molecule has 0 radical (unpaired) electrons. The number of benzene rings is 1. The summed E-state index contributed by atoms with van der Waals surface area (Å²) in [7, 11) is 0. The Morgan fingerprint density at radius 2 is 2.33 bits per heavy atom. The zero-order chi connectivity index (χ0) is 15.2. The molecule has 1 aromatic rings. The average Bonchev–Trinajstić information content (AvgIpc) is 2.48. The zero-order valence-electron chi connectivity index (χ0n) is 11.9. The molecular formula is C15H21BrFN3O. The van der Waals surface area contributed by atoms with Crippen LogP contribution in [0.4, 0.5) is 4.39 Å². The van der Waals surface area contributed by atoms with Crippen LogP contribution in [0.15, 0.2) is 22.7 Å². The number of carbonyl (C=O) groups is 1. The Balaban J connectivity index is 1.93. The molecule has 4 nitrogen and oxygen atoms in total. The van der Waals surface area contributed by atoms with Crippen molar-refractivity contribution in [3.05, 3.63) is 34.1 Å². The average molecular weight is 358 g/mol. The SMILES string of the molecule is NCCNC(=O)C1CCCN(Cc2ccc(Br)cc2F)C1. The number of rotatable bonds is 5. The number of halogens is 2. The largest absolute Gasteiger partial charge is 0.355 e. The van der Waals surface area contributed by atoms with E-state index in [0.29, 0.717) is 31.7 Å². The minimum atomic E-state index is -0.209. The molecule has 1 atom stereocenters. The first-order valence-corrected chi connectivity index (χ1v) is 8.03. The lowest BCUT2D eigenvalue weighted by Gasteiger charge is -2.32. The van der Waals surface area contributed by atoms with E-state index < -0.39 is 0 Å². The second-order valence-electron chi connectivity index (χ2n) is 5.39. The van der Waals surface area contributed by atoms with E-state index in [0.717, 1.165) is 23.9 Å². The summed E-state index contributed by atoms with van der Waals surface area (Å²) >= 11 is 3.26. The molecule has 0 saturated carbocycles. The van der Waals surface area contributed by atoms with E-state index in [4.69, 9.17) is 5.73 Å². The number of nitrogens with two attached hydrogens (primary N) is 1. The van der Waals surface area contributed by atoms with Crippen molar-refractivity contribution in [3.63, 3.8) is 0 Å². The third kappa shape index (κ3) is 4.76. The molecular weight excluding hydrogens is 337 g/mol. The van der Waals surface area contributed by atoms with Crippen LogP contribution in [0.2, 0.25) is 0 Å². The summed E-state index contributed by atoms with van der Waals surface area (Å²) in [6.07, 6.45) is 1.84. The van der Waals surface area contributed by atoms with Crippen molar-refractivity contribution in [3.8, 4) is 0 Å². The molecule has 3 N–H and O–H groups in total. The number of nitrogens with one attached hydrogen (secondary N) is 1. The van der Waals surface area contributed by atoms with Crippen molar-refractivity contribution in [2.45, 2.75) is 19.4 Å². The minimum Gasteiger partial charge on any atom is -0.355 e. The highest BCUT2D eigenvalue weighted by molar-refractivity contribution is 9.10. The molecule has 1 aliphatic rings. The Morgan fingerprint density at radius 1 is 1.52 bits per heavy atom. The van der Waals surface area contributed by atoms with Gasteiger partial charge in [0.15, 0.2) is 0 Å². The van der Waals surface area contributed by atoms with Gasteiger partial charge in [0.05, 0.1) is 5.92 Å². The van der Waals surface area contributed by atoms with Gasteiger partial charge in [0.1, 0.15) is 5.82 Å². The summed E-state index contributed by atoms with van der Waals surface area (Å²) in [4.78, 5) is 14.1. The summed E-state index contributed by atoms with van der Waals surface area (Å²) in [5.41, 5.74) is 6.06.